The van der Waals surface area contributed by atoms with Crippen molar-refractivity contribution in [2.75, 3.05) is 45.2 Å². The second kappa shape index (κ2) is 11.3. The van der Waals surface area contributed by atoms with Crippen LogP contribution in [0.2, 0.25) is 5.02 Å². The first kappa shape index (κ1) is 26.6. The summed E-state index contributed by atoms with van der Waals surface area (Å²) in [6.07, 6.45) is 0.760. The molecule has 4 rings (SSSR count). The molecule has 37 heavy (non-hydrogen) atoms. The van der Waals surface area contributed by atoms with Crippen molar-refractivity contribution in [1.29, 1.82) is 0 Å². The minimum atomic E-state index is -0.607. The third-order valence-corrected chi connectivity index (χ3v) is 7.10. The molecule has 0 atom stereocenters. The molecule has 1 fully saturated rings. The van der Waals surface area contributed by atoms with E-state index in [9.17, 15) is 14.3 Å². The Balaban J connectivity index is 1.98. The van der Waals surface area contributed by atoms with Gasteiger partial charge in [0.15, 0.2) is 0 Å². The number of benzene rings is 3. The van der Waals surface area contributed by atoms with E-state index < -0.39 is 5.82 Å². The number of rotatable bonds is 6. The fraction of sp³-hybridized carbons (Fsp3) is 0.310. The van der Waals surface area contributed by atoms with Crippen LogP contribution in [0.1, 0.15) is 30.9 Å². The molecule has 3 aromatic carbocycles. The van der Waals surface area contributed by atoms with E-state index in [1.54, 1.807) is 24.1 Å². The summed E-state index contributed by atoms with van der Waals surface area (Å²) < 4.78 is 14.9. The molecule has 0 bridgehead atoms. The Labute approximate surface area is 222 Å². The van der Waals surface area contributed by atoms with E-state index in [1.165, 1.54) is 18.2 Å². The van der Waals surface area contributed by atoms with E-state index in [-0.39, 0.29) is 22.3 Å². The largest absolute Gasteiger partial charge is 0.507 e. The molecule has 0 radical (unpaired) electrons. The van der Waals surface area contributed by atoms with E-state index in [0.717, 1.165) is 38.2 Å². The quantitative estimate of drug-likeness (QED) is 0.249. The molecular weight excluding hydrogens is 491 g/mol. The van der Waals surface area contributed by atoms with E-state index in [2.05, 4.69) is 35.7 Å². The van der Waals surface area contributed by atoms with Crippen LogP contribution < -0.4 is 4.90 Å². The van der Waals surface area contributed by atoms with E-state index in [1.807, 2.05) is 24.3 Å². The van der Waals surface area contributed by atoms with Gasteiger partial charge in [-0.15, -0.1) is 0 Å². The number of hydrogen-bond donors (Lipinski definition) is 1. The molecule has 0 unspecified atom stereocenters. The van der Waals surface area contributed by atoms with Gasteiger partial charge in [-0.1, -0.05) is 49.7 Å². The number of carbonyl (C=O) groups excluding carboxylic acids is 1. The maximum absolute atomic E-state index is 14.9. The molecule has 8 heteroatoms. The smallest absolute Gasteiger partial charge is 0.218 e. The molecular formula is C29H32ClFN4O2. The lowest BCUT2D eigenvalue weighted by Crippen LogP contribution is -2.47. The average Bonchev–Trinajstić information content (AvgIpc) is 2.88. The zero-order valence-electron chi connectivity index (χ0n) is 21.6. The van der Waals surface area contributed by atoms with Crippen LogP contribution in [0.25, 0.3) is 11.1 Å². The van der Waals surface area contributed by atoms with Gasteiger partial charge in [0.05, 0.1) is 16.9 Å². The van der Waals surface area contributed by atoms with Gasteiger partial charge in [-0.05, 0) is 48.9 Å². The zero-order chi connectivity index (χ0) is 26.7. The van der Waals surface area contributed by atoms with Gasteiger partial charge >= 0.3 is 0 Å². The fourth-order valence-electron chi connectivity index (χ4n) is 4.80. The van der Waals surface area contributed by atoms with Crippen LogP contribution in [0.3, 0.4) is 0 Å². The summed E-state index contributed by atoms with van der Waals surface area (Å²) in [6, 6.07) is 15.2. The SMILES string of the molecule is CN=C(c1cc(Cl)c(-c2c(O)cccc2F)cc1N(C=O)c1ccccc1C(C)C)N1CCN(C)CC1. The Bertz CT molecular complexity index is 1300. The average molecular weight is 523 g/mol. The molecule has 1 amide bonds. The predicted molar refractivity (Wildman–Crippen MR) is 149 cm³/mol. The number of hydrogen-bond acceptors (Lipinski definition) is 4. The van der Waals surface area contributed by atoms with Gasteiger partial charge in [0.2, 0.25) is 6.41 Å². The molecule has 1 heterocycles. The molecule has 0 saturated carbocycles. The monoisotopic (exact) mass is 522 g/mol. The summed E-state index contributed by atoms with van der Waals surface area (Å²) in [5.74, 6) is 0.0122. The van der Waals surface area contributed by atoms with Crippen LogP contribution in [0.5, 0.6) is 5.75 Å². The molecule has 0 aliphatic carbocycles. The molecule has 1 aliphatic heterocycles. The van der Waals surface area contributed by atoms with Crippen LogP contribution in [0.4, 0.5) is 15.8 Å². The fourth-order valence-corrected chi connectivity index (χ4v) is 5.06. The number of halogens is 2. The minimum Gasteiger partial charge on any atom is -0.507 e. The summed E-state index contributed by atoms with van der Waals surface area (Å²) in [6.45, 7) is 7.40. The molecule has 6 nitrogen and oxygen atoms in total. The summed E-state index contributed by atoms with van der Waals surface area (Å²) >= 11 is 6.75. The van der Waals surface area contributed by atoms with Gasteiger partial charge in [0.25, 0.3) is 0 Å². The molecule has 1 saturated heterocycles. The van der Waals surface area contributed by atoms with Crippen molar-refractivity contribution in [3.63, 3.8) is 0 Å². The highest BCUT2D eigenvalue weighted by Gasteiger charge is 2.27. The minimum absolute atomic E-state index is 0.0159. The number of para-hydroxylation sites is 1. The van der Waals surface area contributed by atoms with E-state index >= 15 is 0 Å². The van der Waals surface area contributed by atoms with Crippen molar-refractivity contribution in [3.05, 3.63) is 76.6 Å². The number of amidine groups is 1. The topological polar surface area (TPSA) is 59.4 Å². The third kappa shape index (κ3) is 5.33. The Morgan fingerprint density at radius 2 is 1.78 bits per heavy atom. The standard InChI is InChI=1S/C29H32ClFN4O2/c1-19(2)20-8-5-6-10-25(20)35(18-36)26-17-21(28-24(31)9-7-11-27(28)37)23(30)16-22(26)29(32-3)34-14-12-33(4)13-15-34/h5-11,16-19,37H,12-15H2,1-4H3. The number of nitrogens with zero attached hydrogens (tertiary/aromatic N) is 4. The Morgan fingerprint density at radius 1 is 1.08 bits per heavy atom. The molecule has 194 valence electrons. The molecule has 0 spiro atoms. The number of aromatic hydroxyl groups is 1. The highest BCUT2D eigenvalue weighted by molar-refractivity contribution is 6.34. The number of anilines is 2. The summed E-state index contributed by atoms with van der Waals surface area (Å²) in [5, 5.41) is 10.8. The molecule has 1 aliphatic rings. The first-order valence-electron chi connectivity index (χ1n) is 12.3. The predicted octanol–water partition coefficient (Wildman–Crippen LogP) is 5.89. The van der Waals surface area contributed by atoms with Crippen LogP contribution in [-0.4, -0.2) is 67.4 Å². The van der Waals surface area contributed by atoms with Crippen LogP contribution in [0.15, 0.2) is 59.6 Å². The lowest BCUT2D eigenvalue weighted by molar-refractivity contribution is -0.106. The van der Waals surface area contributed by atoms with Crippen molar-refractivity contribution >= 4 is 35.2 Å². The Hall–Kier alpha value is -3.42. The van der Waals surface area contributed by atoms with Gasteiger partial charge in [0.1, 0.15) is 17.4 Å². The second-order valence-electron chi connectivity index (χ2n) is 9.51. The van der Waals surface area contributed by atoms with Crippen LogP contribution in [0, 0.1) is 5.82 Å². The highest BCUT2D eigenvalue weighted by Crippen LogP contribution is 2.42. The molecule has 3 aromatic rings. The normalized spacial score (nSPS) is 14.8. The second-order valence-corrected chi connectivity index (χ2v) is 9.92. The van der Waals surface area contributed by atoms with Gasteiger partial charge in [-0.2, -0.15) is 0 Å². The van der Waals surface area contributed by atoms with Crippen molar-refractivity contribution in [3.8, 4) is 16.9 Å². The summed E-state index contributed by atoms with van der Waals surface area (Å²) in [4.78, 5) is 23.3. The van der Waals surface area contributed by atoms with Crippen LogP contribution >= 0.6 is 11.6 Å². The van der Waals surface area contributed by atoms with Crippen molar-refractivity contribution in [2.45, 2.75) is 19.8 Å². The molecule has 0 aromatic heterocycles. The van der Waals surface area contributed by atoms with Gasteiger partial charge in [-0.3, -0.25) is 14.7 Å². The van der Waals surface area contributed by atoms with Crippen LogP contribution in [-0.2, 0) is 4.79 Å². The van der Waals surface area contributed by atoms with Crippen molar-refractivity contribution < 1.29 is 14.3 Å². The highest BCUT2D eigenvalue weighted by atomic mass is 35.5. The van der Waals surface area contributed by atoms with Gasteiger partial charge < -0.3 is 14.9 Å². The molecule has 1 N–H and O–H groups in total. The Morgan fingerprint density at radius 3 is 2.41 bits per heavy atom. The van der Waals surface area contributed by atoms with E-state index in [4.69, 9.17) is 11.6 Å². The number of phenols is 1. The number of carbonyl (C=O) groups is 1. The first-order valence-corrected chi connectivity index (χ1v) is 12.7. The summed E-state index contributed by atoms with van der Waals surface area (Å²) in [5.41, 5.74) is 3.14. The van der Waals surface area contributed by atoms with Gasteiger partial charge in [-0.25, -0.2) is 4.39 Å². The number of likely N-dealkylation sites (N-methyl/N-ethyl adjacent to an activating group) is 1. The Kier molecular flexibility index (Phi) is 8.15. The number of phenolic OH excluding ortho intramolecular Hbond substituents is 1. The van der Waals surface area contributed by atoms with Gasteiger partial charge in [0, 0.05) is 49.4 Å². The maximum atomic E-state index is 14.9. The van der Waals surface area contributed by atoms with E-state index in [0.29, 0.717) is 28.3 Å². The lowest BCUT2D eigenvalue weighted by Gasteiger charge is -2.36. The van der Waals surface area contributed by atoms with Crippen molar-refractivity contribution in [2.24, 2.45) is 4.99 Å². The lowest BCUT2D eigenvalue weighted by atomic mass is 9.97. The number of piperazine rings is 1. The first-order chi connectivity index (χ1) is 17.8. The number of aliphatic imine (C=N–C) groups is 1. The number of amides is 1. The zero-order valence-corrected chi connectivity index (χ0v) is 22.3. The third-order valence-electron chi connectivity index (χ3n) is 6.79. The van der Waals surface area contributed by atoms with Crippen molar-refractivity contribution in [1.82, 2.24) is 9.80 Å². The summed E-state index contributed by atoms with van der Waals surface area (Å²) in [7, 11) is 3.80. The maximum Gasteiger partial charge on any atom is 0.218 e.